The molecule has 19 heteroatoms. The van der Waals surface area contributed by atoms with Crippen LogP contribution in [0.5, 0.6) is 0 Å². The fourth-order valence-electron chi connectivity index (χ4n) is 10.4. The van der Waals surface area contributed by atoms with E-state index in [4.69, 9.17) is 37.0 Å². The van der Waals surface area contributed by atoms with Gasteiger partial charge in [-0.2, -0.15) is 0 Å². The first kappa shape index (κ1) is 86.1. The minimum atomic E-state index is -4.95. The number of carbonyl (C=O) groups is 4. The normalized spacial score (nSPS) is 14.5. The molecular formula is C69H134O17P2. The Kier molecular flexibility index (Phi) is 59.9. The van der Waals surface area contributed by atoms with Gasteiger partial charge in [-0.05, 0) is 37.5 Å². The van der Waals surface area contributed by atoms with Gasteiger partial charge in [-0.1, -0.05) is 298 Å². The average molecular weight is 1300 g/mol. The predicted molar refractivity (Wildman–Crippen MR) is 354 cm³/mol. The zero-order valence-electron chi connectivity index (χ0n) is 57.0. The van der Waals surface area contributed by atoms with Crippen LogP contribution in [0.15, 0.2) is 0 Å². The van der Waals surface area contributed by atoms with Crippen molar-refractivity contribution in [2.45, 2.75) is 368 Å². The summed E-state index contributed by atoms with van der Waals surface area (Å²) in [4.78, 5) is 72.4. The van der Waals surface area contributed by atoms with E-state index in [0.29, 0.717) is 25.7 Å². The molecule has 0 radical (unpaired) electrons. The lowest BCUT2D eigenvalue weighted by molar-refractivity contribution is -0.161. The first-order valence-corrected chi connectivity index (χ1v) is 39.0. The molecule has 0 aromatic rings. The van der Waals surface area contributed by atoms with E-state index in [1.165, 1.54) is 161 Å². The van der Waals surface area contributed by atoms with Crippen LogP contribution >= 0.6 is 15.6 Å². The Hall–Kier alpha value is -1.94. The maximum Gasteiger partial charge on any atom is 0.472 e. The fraction of sp³-hybridized carbons (Fsp3) is 0.942. The van der Waals surface area contributed by atoms with Crippen molar-refractivity contribution in [1.29, 1.82) is 0 Å². The molecule has 0 rings (SSSR count). The summed E-state index contributed by atoms with van der Waals surface area (Å²) >= 11 is 0. The van der Waals surface area contributed by atoms with Crippen molar-refractivity contribution in [2.24, 2.45) is 11.8 Å². The van der Waals surface area contributed by atoms with Gasteiger partial charge in [0.25, 0.3) is 0 Å². The van der Waals surface area contributed by atoms with E-state index in [1.54, 1.807) is 0 Å². The van der Waals surface area contributed by atoms with Crippen molar-refractivity contribution in [3.63, 3.8) is 0 Å². The van der Waals surface area contributed by atoms with Crippen LogP contribution < -0.4 is 0 Å². The molecule has 0 spiro atoms. The van der Waals surface area contributed by atoms with E-state index in [1.807, 2.05) is 0 Å². The van der Waals surface area contributed by atoms with Gasteiger partial charge < -0.3 is 33.8 Å². The van der Waals surface area contributed by atoms with E-state index < -0.39 is 97.5 Å². The molecule has 0 aromatic carbocycles. The molecule has 0 fully saturated rings. The molecule has 0 aromatic heterocycles. The predicted octanol–water partition coefficient (Wildman–Crippen LogP) is 19.6. The van der Waals surface area contributed by atoms with Gasteiger partial charge in [-0.3, -0.25) is 37.3 Å². The number of ether oxygens (including phenoxy) is 4. The maximum atomic E-state index is 13.0. The molecule has 6 atom stereocenters. The Labute approximate surface area is 537 Å². The minimum absolute atomic E-state index is 0.103. The summed E-state index contributed by atoms with van der Waals surface area (Å²) in [5.74, 6) is -0.633. The molecule has 0 aliphatic carbocycles. The third-order valence-electron chi connectivity index (χ3n) is 16.3. The fourth-order valence-corrected chi connectivity index (χ4v) is 12.0. The lowest BCUT2D eigenvalue weighted by Crippen LogP contribution is -2.30. The summed E-state index contributed by atoms with van der Waals surface area (Å²) in [5, 5.41) is 10.6. The number of esters is 4. The second kappa shape index (κ2) is 61.3. The molecule has 0 saturated carbocycles. The highest BCUT2D eigenvalue weighted by Crippen LogP contribution is 2.45. The summed E-state index contributed by atoms with van der Waals surface area (Å²) < 4.78 is 68.2. The molecule has 3 unspecified atom stereocenters. The number of hydrogen-bond donors (Lipinski definition) is 3. The minimum Gasteiger partial charge on any atom is -0.462 e. The van der Waals surface area contributed by atoms with Crippen LogP contribution in [0, 0.1) is 11.8 Å². The van der Waals surface area contributed by atoms with E-state index in [0.717, 1.165) is 108 Å². The van der Waals surface area contributed by atoms with Gasteiger partial charge in [0.05, 0.1) is 26.4 Å². The first-order chi connectivity index (χ1) is 42.4. The Morgan fingerprint density at radius 2 is 0.580 bits per heavy atom. The van der Waals surface area contributed by atoms with Gasteiger partial charge in [0.2, 0.25) is 0 Å². The lowest BCUT2D eigenvalue weighted by atomic mass is 10.00. The summed E-state index contributed by atoms with van der Waals surface area (Å²) in [7, 11) is -9.89. The van der Waals surface area contributed by atoms with Crippen molar-refractivity contribution < 1.29 is 80.2 Å². The molecule has 0 bridgehead atoms. The SMILES string of the molecule is CCCCCCCCCCCCCCCCCC(=O)OC[C@H](COP(=O)(O)OC[C@@H](O)COP(=O)(O)OC[C@@H](COC(=O)CCCCCCCCCC)OC(=O)CCCCCCCCC(C)CC)OC(=O)CCCCCCCCCCCCCCC(C)C. The van der Waals surface area contributed by atoms with Gasteiger partial charge in [-0.25, -0.2) is 9.13 Å². The summed E-state index contributed by atoms with van der Waals surface area (Å²) in [5.41, 5.74) is 0. The van der Waals surface area contributed by atoms with E-state index in [2.05, 4.69) is 41.5 Å². The standard InChI is InChI=1S/C69H134O17P2/c1-7-10-12-14-16-18-19-20-21-22-26-29-33-40-46-52-67(72)80-57-64(85-68(73)53-47-41-34-30-27-24-23-25-28-31-37-43-49-61(4)5)59-83-87(75,76)81-55-63(70)56-82-88(77,78)84-60-65(58-79-66(71)51-45-39-32-17-15-13-11-8-2)86-69(74)54-48-42-36-35-38-44-50-62(6)9-3/h61-65,70H,7-60H2,1-6H3,(H,75,76)(H,77,78)/t62?,63-,64-,65-/m1/s1. The molecule has 3 N–H and O–H groups in total. The van der Waals surface area contributed by atoms with E-state index in [9.17, 15) is 43.2 Å². The third kappa shape index (κ3) is 61.6. The molecule has 0 amide bonds. The van der Waals surface area contributed by atoms with Crippen molar-refractivity contribution in [3.05, 3.63) is 0 Å². The lowest BCUT2D eigenvalue weighted by Gasteiger charge is -2.21. The second-order valence-electron chi connectivity index (χ2n) is 25.6. The molecule has 0 aliphatic heterocycles. The molecule has 0 aliphatic rings. The van der Waals surface area contributed by atoms with Crippen LogP contribution in [0.4, 0.5) is 0 Å². The van der Waals surface area contributed by atoms with Crippen molar-refractivity contribution in [1.82, 2.24) is 0 Å². The second-order valence-corrected chi connectivity index (χ2v) is 28.5. The van der Waals surface area contributed by atoms with Crippen LogP contribution in [-0.4, -0.2) is 96.7 Å². The summed E-state index contributed by atoms with van der Waals surface area (Å²) in [6.07, 6.45) is 45.9. The third-order valence-corrected chi connectivity index (χ3v) is 18.2. The quantitative estimate of drug-likeness (QED) is 0.0222. The van der Waals surface area contributed by atoms with Crippen LogP contribution in [-0.2, 0) is 65.4 Å². The van der Waals surface area contributed by atoms with E-state index >= 15 is 0 Å². The van der Waals surface area contributed by atoms with Gasteiger partial charge in [-0.15, -0.1) is 0 Å². The Bertz CT molecular complexity index is 1720. The molecular weight excluding hydrogens is 1160 g/mol. The number of unbranched alkanes of at least 4 members (excludes halogenated alkanes) is 37. The molecule has 522 valence electrons. The number of aliphatic hydroxyl groups is 1. The molecule has 0 heterocycles. The molecule has 0 saturated heterocycles. The zero-order chi connectivity index (χ0) is 65.0. The van der Waals surface area contributed by atoms with E-state index in [-0.39, 0.29) is 25.7 Å². The Morgan fingerprint density at radius 1 is 0.330 bits per heavy atom. The topological polar surface area (TPSA) is 237 Å². The van der Waals surface area contributed by atoms with Crippen LogP contribution in [0.2, 0.25) is 0 Å². The van der Waals surface area contributed by atoms with Crippen molar-refractivity contribution in [2.75, 3.05) is 39.6 Å². The molecule has 88 heavy (non-hydrogen) atoms. The van der Waals surface area contributed by atoms with Gasteiger partial charge >= 0.3 is 39.5 Å². The summed E-state index contributed by atoms with van der Waals surface area (Å²) in [6.45, 7) is 9.48. The van der Waals surface area contributed by atoms with Crippen LogP contribution in [0.1, 0.15) is 350 Å². The van der Waals surface area contributed by atoms with Gasteiger partial charge in [0.15, 0.2) is 12.2 Å². The maximum absolute atomic E-state index is 13.0. The number of rotatable bonds is 68. The highest BCUT2D eigenvalue weighted by molar-refractivity contribution is 7.47. The largest absolute Gasteiger partial charge is 0.472 e. The monoisotopic (exact) mass is 1300 g/mol. The first-order valence-electron chi connectivity index (χ1n) is 36.0. The highest BCUT2D eigenvalue weighted by Gasteiger charge is 2.30. The smallest absolute Gasteiger partial charge is 0.462 e. The zero-order valence-corrected chi connectivity index (χ0v) is 58.8. The number of phosphoric ester groups is 2. The van der Waals surface area contributed by atoms with Crippen molar-refractivity contribution >= 4 is 39.5 Å². The number of carbonyl (C=O) groups excluding carboxylic acids is 4. The van der Waals surface area contributed by atoms with Crippen LogP contribution in [0.3, 0.4) is 0 Å². The van der Waals surface area contributed by atoms with Gasteiger partial charge in [0, 0.05) is 25.7 Å². The Morgan fingerprint density at radius 3 is 0.864 bits per heavy atom. The highest BCUT2D eigenvalue weighted by atomic mass is 31.2. The molecule has 17 nitrogen and oxygen atoms in total. The summed E-state index contributed by atoms with van der Waals surface area (Å²) in [6, 6.07) is 0. The number of hydrogen-bond acceptors (Lipinski definition) is 15. The van der Waals surface area contributed by atoms with Gasteiger partial charge in [0.1, 0.15) is 19.3 Å². The number of phosphoric acid groups is 2. The Balaban J connectivity index is 5.22. The van der Waals surface area contributed by atoms with Crippen LogP contribution in [0.25, 0.3) is 0 Å². The number of aliphatic hydroxyl groups excluding tert-OH is 1. The average Bonchev–Trinajstić information content (AvgIpc) is 3.66. The van der Waals surface area contributed by atoms with Crippen molar-refractivity contribution in [3.8, 4) is 0 Å².